The number of methoxy groups -OCH3 is 1. The maximum absolute atomic E-state index is 12.1. The summed E-state index contributed by atoms with van der Waals surface area (Å²) in [5, 5.41) is 7.47. The molecule has 0 fully saturated rings. The zero-order chi connectivity index (χ0) is 14.8. The summed E-state index contributed by atoms with van der Waals surface area (Å²) in [6.07, 6.45) is 1.50. The molecule has 0 aliphatic heterocycles. The molecule has 0 spiro atoms. The van der Waals surface area contributed by atoms with Crippen molar-refractivity contribution >= 4 is 15.7 Å². The second-order valence-electron chi connectivity index (χ2n) is 4.09. The zero-order valence-corrected chi connectivity index (χ0v) is 11.9. The molecule has 20 heavy (non-hydrogen) atoms. The van der Waals surface area contributed by atoms with Crippen LogP contribution in [0.1, 0.15) is 5.82 Å². The predicted molar refractivity (Wildman–Crippen MR) is 72.4 cm³/mol. The number of ether oxygens (including phenoxy) is 1. The first kappa shape index (κ1) is 14.3. The van der Waals surface area contributed by atoms with E-state index in [0.29, 0.717) is 11.6 Å². The molecule has 0 atom stereocenters. The fraction of sp³-hybridized carbons (Fsp3) is 0.273. The van der Waals surface area contributed by atoms with Crippen molar-refractivity contribution in [2.45, 2.75) is 11.4 Å². The molecular formula is C11H15N5O3S. The third-order valence-electron chi connectivity index (χ3n) is 2.74. The molecular weight excluding hydrogens is 282 g/mol. The van der Waals surface area contributed by atoms with Crippen LogP contribution in [0.2, 0.25) is 0 Å². The smallest absolute Gasteiger partial charge is 0.241 e. The Hall–Kier alpha value is -2.13. The molecule has 108 valence electrons. The van der Waals surface area contributed by atoms with Crippen LogP contribution in [0.25, 0.3) is 0 Å². The molecule has 0 bridgehead atoms. The molecule has 3 N–H and O–H groups in total. The van der Waals surface area contributed by atoms with Crippen LogP contribution in [-0.4, -0.2) is 30.3 Å². The standard InChI is InChI=1S/C11H15N5O3S/c1-16-7-13-15-11(16)6-14-20(17,18)8-3-4-10(19-2)9(12)5-8/h3-5,7,14H,6,12H2,1-2H3. The van der Waals surface area contributed by atoms with Crippen molar-refractivity contribution in [2.75, 3.05) is 12.8 Å². The Bertz CT molecular complexity index is 711. The lowest BCUT2D eigenvalue weighted by Crippen LogP contribution is -2.24. The lowest BCUT2D eigenvalue weighted by Gasteiger charge is -2.09. The van der Waals surface area contributed by atoms with E-state index in [-0.39, 0.29) is 17.1 Å². The Balaban J connectivity index is 2.18. The average molecular weight is 297 g/mol. The number of hydrogen-bond acceptors (Lipinski definition) is 6. The highest BCUT2D eigenvalue weighted by Crippen LogP contribution is 2.24. The molecule has 2 rings (SSSR count). The van der Waals surface area contributed by atoms with Gasteiger partial charge in [-0.25, -0.2) is 13.1 Å². The number of hydrogen-bond donors (Lipinski definition) is 2. The van der Waals surface area contributed by atoms with Gasteiger partial charge in [0.15, 0.2) is 0 Å². The van der Waals surface area contributed by atoms with E-state index in [1.54, 1.807) is 11.6 Å². The normalized spacial score (nSPS) is 11.5. The highest BCUT2D eigenvalue weighted by molar-refractivity contribution is 7.89. The monoisotopic (exact) mass is 297 g/mol. The SMILES string of the molecule is COc1ccc(S(=O)(=O)NCc2nncn2C)cc1N. The molecule has 1 aromatic heterocycles. The molecule has 2 aromatic rings. The molecule has 0 saturated carbocycles. The van der Waals surface area contributed by atoms with Crippen molar-refractivity contribution in [3.05, 3.63) is 30.4 Å². The van der Waals surface area contributed by atoms with E-state index in [0.717, 1.165) is 0 Å². The fourth-order valence-corrected chi connectivity index (χ4v) is 2.60. The highest BCUT2D eigenvalue weighted by Gasteiger charge is 2.16. The molecule has 0 saturated heterocycles. The van der Waals surface area contributed by atoms with Gasteiger partial charge in [0.1, 0.15) is 17.9 Å². The average Bonchev–Trinajstić information content (AvgIpc) is 2.82. The van der Waals surface area contributed by atoms with Gasteiger partial charge in [-0.2, -0.15) is 0 Å². The van der Waals surface area contributed by atoms with Crippen LogP contribution in [0.15, 0.2) is 29.4 Å². The van der Waals surface area contributed by atoms with E-state index in [9.17, 15) is 8.42 Å². The van der Waals surface area contributed by atoms with Gasteiger partial charge in [0.2, 0.25) is 10.0 Å². The van der Waals surface area contributed by atoms with E-state index in [4.69, 9.17) is 10.5 Å². The maximum Gasteiger partial charge on any atom is 0.241 e. The Kier molecular flexibility index (Phi) is 3.91. The first-order valence-electron chi connectivity index (χ1n) is 5.70. The number of sulfonamides is 1. The number of aromatic nitrogens is 3. The van der Waals surface area contributed by atoms with E-state index in [2.05, 4.69) is 14.9 Å². The molecule has 0 aliphatic rings. The van der Waals surface area contributed by atoms with Crippen LogP contribution >= 0.6 is 0 Å². The van der Waals surface area contributed by atoms with Gasteiger partial charge in [-0.05, 0) is 18.2 Å². The Morgan fingerprint density at radius 1 is 1.45 bits per heavy atom. The number of anilines is 1. The van der Waals surface area contributed by atoms with Gasteiger partial charge < -0.3 is 15.0 Å². The molecule has 9 heteroatoms. The summed E-state index contributed by atoms with van der Waals surface area (Å²) < 4.78 is 33.3. The number of nitrogens with one attached hydrogen (secondary N) is 1. The first-order valence-corrected chi connectivity index (χ1v) is 7.18. The van der Waals surface area contributed by atoms with Crippen molar-refractivity contribution in [2.24, 2.45) is 7.05 Å². The summed E-state index contributed by atoms with van der Waals surface area (Å²) in [6, 6.07) is 4.28. The van der Waals surface area contributed by atoms with Gasteiger partial charge >= 0.3 is 0 Å². The molecule has 0 unspecified atom stereocenters. The van der Waals surface area contributed by atoms with Crippen molar-refractivity contribution < 1.29 is 13.2 Å². The summed E-state index contributed by atoms with van der Waals surface area (Å²) in [4.78, 5) is 0.0676. The second kappa shape index (κ2) is 5.47. The van der Waals surface area contributed by atoms with Gasteiger partial charge in [0, 0.05) is 7.05 Å². The fourth-order valence-electron chi connectivity index (χ4n) is 1.59. The van der Waals surface area contributed by atoms with Crippen molar-refractivity contribution in [3.63, 3.8) is 0 Å². The van der Waals surface area contributed by atoms with E-state index < -0.39 is 10.0 Å². The highest BCUT2D eigenvalue weighted by atomic mass is 32.2. The quantitative estimate of drug-likeness (QED) is 0.744. The Labute approximate surface area is 116 Å². The number of nitrogens with two attached hydrogens (primary N) is 1. The minimum Gasteiger partial charge on any atom is -0.495 e. The number of nitrogen functional groups attached to an aromatic ring is 1. The number of aryl methyl sites for hydroxylation is 1. The second-order valence-corrected chi connectivity index (χ2v) is 5.85. The van der Waals surface area contributed by atoms with Crippen molar-refractivity contribution in [3.8, 4) is 5.75 Å². The molecule has 1 heterocycles. The van der Waals surface area contributed by atoms with Gasteiger partial charge in [-0.1, -0.05) is 0 Å². The minimum atomic E-state index is -3.67. The molecule has 0 amide bonds. The van der Waals surface area contributed by atoms with Crippen LogP contribution in [0.4, 0.5) is 5.69 Å². The topological polar surface area (TPSA) is 112 Å². The molecule has 8 nitrogen and oxygen atoms in total. The van der Waals surface area contributed by atoms with Gasteiger partial charge in [0.25, 0.3) is 0 Å². The third kappa shape index (κ3) is 2.89. The number of nitrogens with zero attached hydrogens (tertiary/aromatic N) is 3. The van der Waals surface area contributed by atoms with Crippen LogP contribution in [0.3, 0.4) is 0 Å². The number of benzene rings is 1. The lowest BCUT2D eigenvalue weighted by molar-refractivity contribution is 0.416. The molecule has 0 aliphatic carbocycles. The maximum atomic E-state index is 12.1. The van der Waals surface area contributed by atoms with Crippen LogP contribution in [0, 0.1) is 0 Å². The van der Waals surface area contributed by atoms with Crippen LogP contribution < -0.4 is 15.2 Å². The Morgan fingerprint density at radius 2 is 2.20 bits per heavy atom. The summed E-state index contributed by atoms with van der Waals surface area (Å²) in [5.74, 6) is 0.937. The molecule has 1 aromatic carbocycles. The van der Waals surface area contributed by atoms with Crippen molar-refractivity contribution in [1.29, 1.82) is 0 Å². The lowest BCUT2D eigenvalue weighted by atomic mass is 10.3. The van der Waals surface area contributed by atoms with Gasteiger partial charge in [0.05, 0.1) is 24.2 Å². The summed E-state index contributed by atoms with van der Waals surface area (Å²) in [7, 11) is -0.472. The van der Waals surface area contributed by atoms with Gasteiger partial charge in [-0.3, -0.25) is 0 Å². The minimum absolute atomic E-state index is 0.0464. The largest absolute Gasteiger partial charge is 0.495 e. The summed E-state index contributed by atoms with van der Waals surface area (Å²) >= 11 is 0. The third-order valence-corrected chi connectivity index (χ3v) is 4.14. The van der Waals surface area contributed by atoms with E-state index >= 15 is 0 Å². The van der Waals surface area contributed by atoms with E-state index in [1.807, 2.05) is 0 Å². The molecule has 0 radical (unpaired) electrons. The van der Waals surface area contributed by atoms with Crippen LogP contribution in [0.5, 0.6) is 5.75 Å². The van der Waals surface area contributed by atoms with Crippen LogP contribution in [-0.2, 0) is 23.6 Å². The first-order chi connectivity index (χ1) is 9.44. The van der Waals surface area contributed by atoms with E-state index in [1.165, 1.54) is 31.6 Å². The summed E-state index contributed by atoms with van der Waals surface area (Å²) in [5.41, 5.74) is 5.96. The van der Waals surface area contributed by atoms with Crippen molar-refractivity contribution in [1.82, 2.24) is 19.5 Å². The summed E-state index contributed by atoms with van der Waals surface area (Å²) in [6.45, 7) is 0.0464. The van der Waals surface area contributed by atoms with Gasteiger partial charge in [-0.15, -0.1) is 10.2 Å². The predicted octanol–water partition coefficient (Wildman–Crippen LogP) is -0.116. The zero-order valence-electron chi connectivity index (χ0n) is 11.1. The Morgan fingerprint density at radius 3 is 2.75 bits per heavy atom. The number of rotatable bonds is 5.